The SMILES string of the molecule is Cc1ccccc1Cn1nc([C@@H](O)c2ccccc2)nc1C1[C@H]2CNC[C@@H]12. The molecule has 0 spiro atoms. The molecule has 5 nitrogen and oxygen atoms in total. The average molecular weight is 360 g/mol. The van der Waals surface area contributed by atoms with Crippen molar-refractivity contribution in [1.29, 1.82) is 0 Å². The van der Waals surface area contributed by atoms with Crippen molar-refractivity contribution in [3.63, 3.8) is 0 Å². The Morgan fingerprint density at radius 1 is 1.07 bits per heavy atom. The van der Waals surface area contributed by atoms with Gasteiger partial charge in [0.25, 0.3) is 0 Å². The van der Waals surface area contributed by atoms with Gasteiger partial charge in [-0.15, -0.1) is 0 Å². The zero-order valence-electron chi connectivity index (χ0n) is 15.4. The monoisotopic (exact) mass is 360 g/mol. The zero-order chi connectivity index (χ0) is 18.4. The summed E-state index contributed by atoms with van der Waals surface area (Å²) >= 11 is 0. The lowest BCUT2D eigenvalue weighted by atomic mass is 10.1. The third-order valence-corrected chi connectivity index (χ3v) is 6.05. The van der Waals surface area contributed by atoms with E-state index in [2.05, 4.69) is 36.5 Å². The summed E-state index contributed by atoms with van der Waals surface area (Å²) in [6.07, 6.45) is -0.792. The van der Waals surface area contributed by atoms with Crippen LogP contribution in [0, 0.1) is 18.8 Å². The highest BCUT2D eigenvalue weighted by Gasteiger charge is 2.56. The maximum atomic E-state index is 10.8. The molecule has 0 bridgehead atoms. The van der Waals surface area contributed by atoms with Gasteiger partial charge in [-0.2, -0.15) is 5.10 Å². The first kappa shape index (κ1) is 16.7. The van der Waals surface area contributed by atoms with Crippen LogP contribution >= 0.6 is 0 Å². The normalized spacial score (nSPS) is 24.6. The van der Waals surface area contributed by atoms with Crippen molar-refractivity contribution in [3.05, 3.63) is 82.9 Å². The third-order valence-electron chi connectivity index (χ3n) is 6.05. The fourth-order valence-electron chi connectivity index (χ4n) is 4.39. The molecule has 27 heavy (non-hydrogen) atoms. The highest BCUT2D eigenvalue weighted by atomic mass is 16.3. The van der Waals surface area contributed by atoms with Gasteiger partial charge in [0.05, 0.1) is 6.54 Å². The Hall–Kier alpha value is -2.50. The van der Waals surface area contributed by atoms with Gasteiger partial charge in [-0.05, 0) is 48.5 Å². The Morgan fingerprint density at radius 3 is 2.52 bits per heavy atom. The van der Waals surface area contributed by atoms with E-state index >= 15 is 0 Å². The minimum atomic E-state index is -0.792. The summed E-state index contributed by atoms with van der Waals surface area (Å²) in [5.74, 6) is 3.31. The molecule has 1 unspecified atom stereocenters. The number of aliphatic hydroxyl groups is 1. The van der Waals surface area contributed by atoms with Crippen LogP contribution in [0.25, 0.3) is 0 Å². The molecule has 1 aliphatic heterocycles. The van der Waals surface area contributed by atoms with E-state index in [1.807, 2.05) is 35.0 Å². The maximum absolute atomic E-state index is 10.8. The molecule has 0 amide bonds. The van der Waals surface area contributed by atoms with E-state index in [-0.39, 0.29) is 0 Å². The summed E-state index contributed by atoms with van der Waals surface area (Å²) in [5, 5.41) is 19.0. The van der Waals surface area contributed by atoms with E-state index < -0.39 is 6.10 Å². The van der Waals surface area contributed by atoms with E-state index in [9.17, 15) is 5.11 Å². The molecule has 0 radical (unpaired) electrons. The van der Waals surface area contributed by atoms with E-state index in [1.165, 1.54) is 11.1 Å². The molecule has 1 aromatic heterocycles. The molecule has 2 aliphatic rings. The van der Waals surface area contributed by atoms with Gasteiger partial charge < -0.3 is 10.4 Å². The molecule has 2 aromatic carbocycles. The van der Waals surface area contributed by atoms with Crippen LogP contribution in [-0.4, -0.2) is 33.0 Å². The lowest BCUT2D eigenvalue weighted by molar-refractivity contribution is 0.209. The number of aromatic nitrogens is 3. The first-order valence-electron chi connectivity index (χ1n) is 9.65. The summed E-state index contributed by atoms with van der Waals surface area (Å²) in [6, 6.07) is 18.0. The molecule has 5 heteroatoms. The largest absolute Gasteiger partial charge is 0.380 e. The average Bonchev–Trinajstić information content (AvgIpc) is 3.04. The second-order valence-electron chi connectivity index (χ2n) is 7.74. The lowest BCUT2D eigenvalue weighted by Crippen LogP contribution is -2.16. The molecular formula is C22H24N4O. The molecule has 4 atom stereocenters. The predicted octanol–water partition coefficient (Wildman–Crippen LogP) is 2.65. The van der Waals surface area contributed by atoms with Gasteiger partial charge in [0.1, 0.15) is 11.9 Å². The number of hydrogen-bond acceptors (Lipinski definition) is 4. The number of aryl methyl sites for hydroxylation is 1. The number of fused-ring (bicyclic) bond motifs is 1. The Morgan fingerprint density at radius 2 is 1.78 bits per heavy atom. The molecule has 1 saturated heterocycles. The van der Waals surface area contributed by atoms with Crippen molar-refractivity contribution in [2.24, 2.45) is 11.8 Å². The molecule has 1 saturated carbocycles. The van der Waals surface area contributed by atoms with Crippen molar-refractivity contribution in [2.45, 2.75) is 25.5 Å². The van der Waals surface area contributed by atoms with Crippen LogP contribution in [0.15, 0.2) is 54.6 Å². The van der Waals surface area contributed by atoms with Crippen molar-refractivity contribution in [3.8, 4) is 0 Å². The van der Waals surface area contributed by atoms with E-state index in [4.69, 9.17) is 10.1 Å². The fraction of sp³-hybridized carbons (Fsp3) is 0.364. The topological polar surface area (TPSA) is 63.0 Å². The molecular weight excluding hydrogens is 336 g/mol. The number of hydrogen-bond donors (Lipinski definition) is 2. The van der Waals surface area contributed by atoms with Crippen LogP contribution in [0.3, 0.4) is 0 Å². The van der Waals surface area contributed by atoms with Crippen LogP contribution < -0.4 is 5.32 Å². The molecule has 3 aromatic rings. The van der Waals surface area contributed by atoms with E-state index in [1.54, 1.807) is 0 Å². The number of piperidine rings is 1. The van der Waals surface area contributed by atoms with Crippen molar-refractivity contribution < 1.29 is 5.11 Å². The molecule has 2 fully saturated rings. The summed E-state index contributed by atoms with van der Waals surface area (Å²) < 4.78 is 2.02. The summed E-state index contributed by atoms with van der Waals surface area (Å²) in [4.78, 5) is 4.83. The van der Waals surface area contributed by atoms with Crippen LogP contribution in [0.1, 0.15) is 40.4 Å². The predicted molar refractivity (Wildman–Crippen MR) is 103 cm³/mol. The third kappa shape index (κ3) is 2.97. The number of rotatable bonds is 5. The lowest BCUT2D eigenvalue weighted by Gasteiger charge is -2.10. The van der Waals surface area contributed by atoms with Gasteiger partial charge in [0.15, 0.2) is 5.82 Å². The van der Waals surface area contributed by atoms with Crippen LogP contribution in [0.4, 0.5) is 0 Å². The van der Waals surface area contributed by atoms with Gasteiger partial charge in [-0.1, -0.05) is 54.6 Å². The Labute approximate surface area is 159 Å². The molecule has 138 valence electrons. The Kier molecular flexibility index (Phi) is 4.06. The standard InChI is InChI=1S/C22H24N4O/c1-14-7-5-6-10-16(14)13-26-22(19-17-11-23-12-18(17)19)24-21(25-26)20(27)15-8-3-2-4-9-15/h2-10,17-20,23,27H,11-13H2,1H3/t17-,18+,19?,20-/m0/s1. The van der Waals surface area contributed by atoms with Crippen molar-refractivity contribution in [2.75, 3.05) is 13.1 Å². The second-order valence-corrected chi connectivity index (χ2v) is 7.74. The highest BCUT2D eigenvalue weighted by Crippen LogP contribution is 2.55. The number of aliphatic hydroxyl groups excluding tert-OH is 1. The van der Waals surface area contributed by atoms with Gasteiger partial charge >= 0.3 is 0 Å². The number of nitrogens with one attached hydrogen (secondary N) is 1. The Bertz CT molecular complexity index is 942. The highest BCUT2D eigenvalue weighted by molar-refractivity contribution is 5.29. The first-order valence-corrected chi connectivity index (χ1v) is 9.65. The summed E-state index contributed by atoms with van der Waals surface area (Å²) in [6.45, 7) is 4.94. The quantitative estimate of drug-likeness (QED) is 0.734. The van der Waals surface area contributed by atoms with Crippen LogP contribution in [-0.2, 0) is 6.54 Å². The fourth-order valence-corrected chi connectivity index (χ4v) is 4.39. The smallest absolute Gasteiger partial charge is 0.183 e. The van der Waals surface area contributed by atoms with Crippen LogP contribution in [0.2, 0.25) is 0 Å². The second kappa shape index (κ2) is 6.59. The van der Waals surface area contributed by atoms with Gasteiger partial charge in [-0.25, -0.2) is 9.67 Å². The number of nitrogens with zero attached hydrogens (tertiary/aromatic N) is 3. The first-order chi connectivity index (χ1) is 13.2. The maximum Gasteiger partial charge on any atom is 0.183 e. The van der Waals surface area contributed by atoms with Gasteiger partial charge in [0.2, 0.25) is 0 Å². The molecule has 5 rings (SSSR count). The van der Waals surface area contributed by atoms with Gasteiger partial charge in [-0.3, -0.25) is 0 Å². The van der Waals surface area contributed by atoms with Gasteiger partial charge in [0, 0.05) is 5.92 Å². The zero-order valence-corrected chi connectivity index (χ0v) is 15.4. The molecule has 2 N–H and O–H groups in total. The van der Waals surface area contributed by atoms with E-state index in [0.29, 0.717) is 30.1 Å². The molecule has 2 heterocycles. The molecule has 1 aliphatic carbocycles. The van der Waals surface area contributed by atoms with Crippen LogP contribution in [0.5, 0.6) is 0 Å². The minimum absolute atomic E-state index is 0.458. The van der Waals surface area contributed by atoms with E-state index in [0.717, 1.165) is 24.5 Å². The van der Waals surface area contributed by atoms with Crippen molar-refractivity contribution >= 4 is 0 Å². The number of benzene rings is 2. The summed E-state index contributed by atoms with van der Waals surface area (Å²) in [7, 11) is 0. The Balaban J connectivity index is 1.50. The van der Waals surface area contributed by atoms with Crippen molar-refractivity contribution in [1.82, 2.24) is 20.1 Å². The minimum Gasteiger partial charge on any atom is -0.380 e. The summed E-state index contributed by atoms with van der Waals surface area (Å²) in [5.41, 5.74) is 3.32.